The molecular weight excluding hydrogens is 302 g/mol. The van der Waals surface area contributed by atoms with Gasteiger partial charge in [0.25, 0.3) is 0 Å². The number of benzene rings is 1. The van der Waals surface area contributed by atoms with Crippen molar-refractivity contribution in [3.63, 3.8) is 0 Å². The summed E-state index contributed by atoms with van der Waals surface area (Å²) >= 11 is 0. The topological polar surface area (TPSA) is 73.2 Å². The zero-order valence-corrected chi connectivity index (χ0v) is 14.0. The average molecular weight is 325 g/mol. The summed E-state index contributed by atoms with van der Waals surface area (Å²) in [6, 6.07) is 9.87. The molecule has 126 valence electrons. The van der Waals surface area contributed by atoms with E-state index in [2.05, 4.69) is 5.32 Å². The van der Waals surface area contributed by atoms with Crippen molar-refractivity contribution >= 4 is 17.9 Å². The van der Waals surface area contributed by atoms with Crippen molar-refractivity contribution in [2.24, 2.45) is 5.92 Å². The number of carbonyl (C=O) groups excluding carboxylic acids is 2. The van der Waals surface area contributed by atoms with Gasteiger partial charge in [-0.25, -0.2) is 0 Å². The summed E-state index contributed by atoms with van der Waals surface area (Å²) in [5, 5.41) is 11.2. The third kappa shape index (κ3) is 5.54. The van der Waals surface area contributed by atoms with E-state index in [-0.39, 0.29) is 18.2 Å². The fourth-order valence-electron chi connectivity index (χ4n) is 2.70. The number of hydrogen-bond acceptors (Lipinski definition) is 3. The largest absolute Gasteiger partial charge is 0.355 e. The van der Waals surface area contributed by atoms with Gasteiger partial charge < -0.3 is 10.2 Å². The van der Waals surface area contributed by atoms with Crippen LogP contribution in [0.1, 0.15) is 30.4 Å². The third-order valence-electron chi connectivity index (χ3n) is 4.25. The van der Waals surface area contributed by atoms with Crippen LogP contribution >= 0.6 is 0 Å². The third-order valence-corrected chi connectivity index (χ3v) is 4.25. The van der Waals surface area contributed by atoms with Crippen molar-refractivity contribution in [3.8, 4) is 6.07 Å². The van der Waals surface area contributed by atoms with E-state index in [1.54, 1.807) is 6.08 Å². The quantitative estimate of drug-likeness (QED) is 0.844. The SMILES string of the molecule is Cc1ccc(/C=C/C(=O)N2CCC(CNC(=O)CC#N)CC2)cc1. The Bertz CT molecular complexity index is 636. The fourth-order valence-corrected chi connectivity index (χ4v) is 2.70. The zero-order chi connectivity index (χ0) is 17.4. The zero-order valence-electron chi connectivity index (χ0n) is 14.0. The Hall–Kier alpha value is -2.61. The van der Waals surface area contributed by atoms with Gasteiger partial charge in [-0.1, -0.05) is 29.8 Å². The van der Waals surface area contributed by atoms with Crippen LogP contribution in [-0.2, 0) is 9.59 Å². The number of hydrogen-bond donors (Lipinski definition) is 1. The molecule has 2 amide bonds. The van der Waals surface area contributed by atoms with Gasteiger partial charge in [0.1, 0.15) is 6.42 Å². The molecule has 0 bridgehead atoms. The lowest BCUT2D eigenvalue weighted by molar-refractivity contribution is -0.127. The van der Waals surface area contributed by atoms with Gasteiger partial charge in [0, 0.05) is 25.7 Å². The second-order valence-electron chi connectivity index (χ2n) is 6.15. The van der Waals surface area contributed by atoms with Gasteiger partial charge in [0.05, 0.1) is 6.07 Å². The standard InChI is InChI=1S/C19H23N3O2/c1-15-2-4-16(5-3-15)6-7-19(24)22-12-9-17(10-13-22)14-21-18(23)8-11-20/h2-7,17H,8-10,12-14H2,1H3,(H,21,23)/b7-6+. The Morgan fingerprint density at radius 3 is 2.58 bits per heavy atom. The highest BCUT2D eigenvalue weighted by molar-refractivity contribution is 5.91. The van der Waals surface area contributed by atoms with Crippen LogP contribution in [0.2, 0.25) is 0 Å². The van der Waals surface area contributed by atoms with Gasteiger partial charge >= 0.3 is 0 Å². The molecule has 1 N–H and O–H groups in total. The Morgan fingerprint density at radius 1 is 1.29 bits per heavy atom. The van der Waals surface area contributed by atoms with E-state index in [1.165, 1.54) is 5.56 Å². The van der Waals surface area contributed by atoms with Crippen LogP contribution in [0.3, 0.4) is 0 Å². The van der Waals surface area contributed by atoms with Gasteiger partial charge in [0.2, 0.25) is 11.8 Å². The van der Waals surface area contributed by atoms with Crippen LogP contribution in [0.5, 0.6) is 0 Å². The highest BCUT2D eigenvalue weighted by atomic mass is 16.2. The van der Waals surface area contributed by atoms with E-state index in [0.29, 0.717) is 25.6 Å². The smallest absolute Gasteiger partial charge is 0.246 e. The van der Waals surface area contributed by atoms with Crippen LogP contribution in [0.4, 0.5) is 0 Å². The predicted molar refractivity (Wildman–Crippen MR) is 92.8 cm³/mol. The molecule has 1 heterocycles. The first kappa shape index (κ1) is 17.7. The molecule has 5 heteroatoms. The molecule has 0 saturated carbocycles. The van der Waals surface area contributed by atoms with Gasteiger partial charge in [-0.3, -0.25) is 9.59 Å². The second kappa shape index (κ2) is 8.88. The van der Waals surface area contributed by atoms with Crippen molar-refractivity contribution in [1.82, 2.24) is 10.2 Å². The lowest BCUT2D eigenvalue weighted by Gasteiger charge is -2.31. The van der Waals surface area contributed by atoms with Gasteiger partial charge in [-0.2, -0.15) is 5.26 Å². The monoisotopic (exact) mass is 325 g/mol. The molecule has 1 aliphatic rings. The first-order valence-corrected chi connectivity index (χ1v) is 8.26. The minimum Gasteiger partial charge on any atom is -0.355 e. The highest BCUT2D eigenvalue weighted by Crippen LogP contribution is 2.17. The van der Waals surface area contributed by atoms with Crippen molar-refractivity contribution < 1.29 is 9.59 Å². The van der Waals surface area contributed by atoms with E-state index in [4.69, 9.17) is 5.26 Å². The molecule has 0 radical (unpaired) electrons. The summed E-state index contributed by atoms with van der Waals surface area (Å²) in [6.45, 7) is 4.03. The first-order valence-electron chi connectivity index (χ1n) is 8.26. The number of nitriles is 1. The number of aryl methyl sites for hydroxylation is 1. The summed E-state index contributed by atoms with van der Waals surface area (Å²) in [6.07, 6.45) is 5.12. The van der Waals surface area contributed by atoms with E-state index >= 15 is 0 Å². The molecule has 2 rings (SSSR count). The Balaban J connectivity index is 1.75. The maximum absolute atomic E-state index is 12.2. The number of nitrogens with one attached hydrogen (secondary N) is 1. The Morgan fingerprint density at radius 2 is 1.96 bits per heavy atom. The summed E-state index contributed by atoms with van der Waals surface area (Å²) in [4.78, 5) is 25.4. The summed E-state index contributed by atoms with van der Waals surface area (Å²) < 4.78 is 0. The number of amides is 2. The van der Waals surface area contributed by atoms with Crippen molar-refractivity contribution in [1.29, 1.82) is 5.26 Å². The number of likely N-dealkylation sites (tertiary alicyclic amines) is 1. The van der Waals surface area contributed by atoms with Crippen molar-refractivity contribution in [2.45, 2.75) is 26.2 Å². The minimum absolute atomic E-state index is 0.0301. The van der Waals surface area contributed by atoms with Crippen LogP contribution in [0.15, 0.2) is 30.3 Å². The molecule has 1 saturated heterocycles. The minimum atomic E-state index is -0.225. The van der Waals surface area contributed by atoms with Crippen molar-refractivity contribution in [3.05, 3.63) is 41.5 Å². The van der Waals surface area contributed by atoms with E-state index in [0.717, 1.165) is 18.4 Å². The molecule has 5 nitrogen and oxygen atoms in total. The van der Waals surface area contributed by atoms with E-state index < -0.39 is 0 Å². The number of carbonyl (C=O) groups is 2. The highest BCUT2D eigenvalue weighted by Gasteiger charge is 2.21. The van der Waals surface area contributed by atoms with Crippen LogP contribution < -0.4 is 5.32 Å². The molecule has 1 fully saturated rings. The lowest BCUT2D eigenvalue weighted by atomic mass is 9.96. The lowest BCUT2D eigenvalue weighted by Crippen LogP contribution is -2.40. The second-order valence-corrected chi connectivity index (χ2v) is 6.15. The molecule has 24 heavy (non-hydrogen) atoms. The van der Waals surface area contributed by atoms with E-state index in [9.17, 15) is 9.59 Å². The summed E-state index contributed by atoms with van der Waals surface area (Å²) in [7, 11) is 0. The fraction of sp³-hybridized carbons (Fsp3) is 0.421. The summed E-state index contributed by atoms with van der Waals surface area (Å²) in [5.74, 6) is 0.178. The van der Waals surface area contributed by atoms with Crippen LogP contribution in [0, 0.1) is 24.2 Å². The molecule has 0 aliphatic carbocycles. The molecule has 1 aromatic carbocycles. The van der Waals surface area contributed by atoms with E-state index in [1.807, 2.05) is 48.2 Å². The van der Waals surface area contributed by atoms with Gasteiger partial charge in [-0.05, 0) is 37.3 Å². The maximum atomic E-state index is 12.2. The molecule has 1 aromatic rings. The Labute approximate surface area is 143 Å². The molecule has 0 spiro atoms. The van der Waals surface area contributed by atoms with Gasteiger partial charge in [-0.15, -0.1) is 0 Å². The van der Waals surface area contributed by atoms with Crippen LogP contribution in [0.25, 0.3) is 6.08 Å². The predicted octanol–water partition coefficient (Wildman–Crippen LogP) is 2.28. The molecule has 0 aromatic heterocycles. The molecule has 0 unspecified atom stereocenters. The Kier molecular flexibility index (Phi) is 6.56. The number of rotatable bonds is 5. The average Bonchev–Trinajstić information content (AvgIpc) is 2.60. The molecule has 1 aliphatic heterocycles. The van der Waals surface area contributed by atoms with Crippen molar-refractivity contribution in [2.75, 3.05) is 19.6 Å². The van der Waals surface area contributed by atoms with Gasteiger partial charge in [0.15, 0.2) is 0 Å². The maximum Gasteiger partial charge on any atom is 0.246 e. The van der Waals surface area contributed by atoms with Crippen LogP contribution in [-0.4, -0.2) is 36.3 Å². The normalized spacial score (nSPS) is 15.2. The first-order chi connectivity index (χ1) is 11.6. The number of piperidine rings is 1. The molecular formula is C19H23N3O2. The summed E-state index contributed by atoms with van der Waals surface area (Å²) in [5.41, 5.74) is 2.21. The number of nitrogens with zero attached hydrogens (tertiary/aromatic N) is 2. The molecule has 0 atom stereocenters.